The number of nitrogens with one attached hydrogen (secondary N) is 2. The summed E-state index contributed by atoms with van der Waals surface area (Å²) in [5.41, 5.74) is 6.00. The molecular weight excluding hydrogens is 458 g/mol. The summed E-state index contributed by atoms with van der Waals surface area (Å²) in [5.74, 6) is 1.59. The van der Waals surface area contributed by atoms with E-state index in [1.54, 1.807) is 47.4 Å². The van der Waals surface area contributed by atoms with Gasteiger partial charge in [0.2, 0.25) is 5.91 Å². The highest BCUT2D eigenvalue weighted by molar-refractivity contribution is 9.11. The van der Waals surface area contributed by atoms with Crippen LogP contribution in [0.25, 0.3) is 0 Å². The number of thioether (sulfide) groups is 1. The molecule has 5 nitrogen and oxygen atoms in total. The van der Waals surface area contributed by atoms with Crippen LogP contribution >= 0.6 is 50.6 Å². The van der Waals surface area contributed by atoms with Gasteiger partial charge in [0.25, 0.3) is 0 Å². The minimum atomic E-state index is -0.671. The van der Waals surface area contributed by atoms with Crippen molar-refractivity contribution in [2.24, 2.45) is 5.73 Å². The zero-order valence-corrected chi connectivity index (χ0v) is 17.8. The van der Waals surface area contributed by atoms with Gasteiger partial charge in [-0.2, -0.15) is 11.8 Å². The Hall–Kier alpha value is -1.22. The topological polar surface area (TPSA) is 84.2 Å². The average molecular weight is 477 g/mol. The number of halogens is 2. The SMILES string of the molecule is NC(=O)N[C@@H](CC(=O)NCCSCc1ccc(Br)s1)c1ccc(Cl)cc1. The molecule has 2 aromatic rings. The molecular formula is C17H19BrClN3O2S2. The molecule has 1 aromatic heterocycles. The van der Waals surface area contributed by atoms with Crippen molar-refractivity contribution in [3.63, 3.8) is 0 Å². The van der Waals surface area contributed by atoms with Crippen LogP contribution in [0.4, 0.5) is 4.79 Å². The van der Waals surface area contributed by atoms with Crippen molar-refractivity contribution in [2.45, 2.75) is 18.2 Å². The van der Waals surface area contributed by atoms with Crippen LogP contribution in [0.15, 0.2) is 40.2 Å². The van der Waals surface area contributed by atoms with E-state index < -0.39 is 12.1 Å². The summed E-state index contributed by atoms with van der Waals surface area (Å²) < 4.78 is 1.12. The van der Waals surface area contributed by atoms with Gasteiger partial charge in [-0.15, -0.1) is 11.3 Å². The number of hydrogen-bond acceptors (Lipinski definition) is 4. The molecule has 9 heteroatoms. The van der Waals surface area contributed by atoms with E-state index in [0.717, 1.165) is 20.9 Å². The van der Waals surface area contributed by atoms with E-state index in [4.69, 9.17) is 17.3 Å². The number of urea groups is 1. The van der Waals surface area contributed by atoms with Crippen LogP contribution in [0, 0.1) is 0 Å². The minimum Gasteiger partial charge on any atom is -0.355 e. The van der Waals surface area contributed by atoms with Gasteiger partial charge >= 0.3 is 6.03 Å². The van der Waals surface area contributed by atoms with Gasteiger partial charge in [-0.1, -0.05) is 23.7 Å². The predicted molar refractivity (Wildman–Crippen MR) is 113 cm³/mol. The average Bonchev–Trinajstić information content (AvgIpc) is 2.99. The Bertz CT molecular complexity index is 740. The van der Waals surface area contributed by atoms with Crippen LogP contribution in [-0.4, -0.2) is 24.2 Å². The third-order valence-corrected chi connectivity index (χ3v) is 6.49. The summed E-state index contributed by atoms with van der Waals surface area (Å²) in [6, 6.07) is 9.93. The van der Waals surface area contributed by atoms with Crippen LogP contribution in [0.5, 0.6) is 0 Å². The van der Waals surface area contributed by atoms with Crippen molar-refractivity contribution in [2.75, 3.05) is 12.3 Å². The summed E-state index contributed by atoms with van der Waals surface area (Å²) in [6.07, 6.45) is 0.118. The number of hydrogen-bond donors (Lipinski definition) is 3. The molecule has 1 heterocycles. The zero-order chi connectivity index (χ0) is 18.9. The van der Waals surface area contributed by atoms with Crippen LogP contribution in [0.3, 0.4) is 0 Å². The van der Waals surface area contributed by atoms with E-state index in [1.807, 2.05) is 6.07 Å². The van der Waals surface area contributed by atoms with Crippen LogP contribution < -0.4 is 16.4 Å². The fourth-order valence-electron chi connectivity index (χ4n) is 2.24. The molecule has 1 atom stereocenters. The number of amides is 3. The number of benzene rings is 1. The molecule has 140 valence electrons. The Balaban J connectivity index is 1.75. The Kier molecular flexibility index (Phi) is 8.77. The monoisotopic (exact) mass is 475 g/mol. The summed E-state index contributed by atoms with van der Waals surface area (Å²) in [7, 11) is 0. The molecule has 3 amide bonds. The van der Waals surface area contributed by atoms with Gasteiger partial charge < -0.3 is 16.4 Å². The maximum Gasteiger partial charge on any atom is 0.312 e. The Labute approximate surface area is 174 Å². The van der Waals surface area contributed by atoms with Gasteiger partial charge in [0.15, 0.2) is 0 Å². The number of carbonyl (C=O) groups is 2. The molecule has 2 rings (SSSR count). The quantitative estimate of drug-likeness (QED) is 0.471. The second-order valence-corrected chi connectivity index (χ2v) is 9.51. The van der Waals surface area contributed by atoms with Gasteiger partial charge in [0, 0.05) is 28.0 Å². The van der Waals surface area contributed by atoms with Crippen molar-refractivity contribution in [1.82, 2.24) is 10.6 Å². The molecule has 0 aliphatic carbocycles. The lowest BCUT2D eigenvalue weighted by atomic mass is 10.0. The lowest BCUT2D eigenvalue weighted by molar-refractivity contribution is -0.121. The summed E-state index contributed by atoms with van der Waals surface area (Å²) in [6.45, 7) is 0.569. The Morgan fingerprint density at radius 2 is 1.96 bits per heavy atom. The number of thiophene rings is 1. The normalized spacial score (nSPS) is 11.8. The molecule has 4 N–H and O–H groups in total. The molecule has 0 fully saturated rings. The number of rotatable bonds is 9. The third-order valence-electron chi connectivity index (χ3n) is 3.42. The van der Waals surface area contributed by atoms with Gasteiger partial charge in [-0.05, 0) is 45.8 Å². The van der Waals surface area contributed by atoms with E-state index >= 15 is 0 Å². The maximum absolute atomic E-state index is 12.2. The van der Waals surface area contributed by atoms with E-state index in [2.05, 4.69) is 32.6 Å². The van der Waals surface area contributed by atoms with Gasteiger partial charge in [-0.3, -0.25) is 4.79 Å². The van der Waals surface area contributed by atoms with Crippen molar-refractivity contribution >= 4 is 62.6 Å². The van der Waals surface area contributed by atoms with E-state index in [0.29, 0.717) is 11.6 Å². The van der Waals surface area contributed by atoms with Crippen LogP contribution in [0.1, 0.15) is 22.9 Å². The molecule has 0 radical (unpaired) electrons. The van der Waals surface area contributed by atoms with Crippen molar-refractivity contribution in [3.8, 4) is 0 Å². The van der Waals surface area contributed by atoms with Crippen LogP contribution in [0.2, 0.25) is 5.02 Å². The molecule has 0 spiro atoms. The Morgan fingerprint density at radius 1 is 1.23 bits per heavy atom. The summed E-state index contributed by atoms with van der Waals surface area (Å²) >= 11 is 12.8. The van der Waals surface area contributed by atoms with Crippen LogP contribution in [-0.2, 0) is 10.5 Å². The third kappa shape index (κ3) is 7.57. The molecule has 1 aromatic carbocycles. The zero-order valence-electron chi connectivity index (χ0n) is 13.8. The van der Waals surface area contributed by atoms with Gasteiger partial charge in [0.05, 0.1) is 16.2 Å². The van der Waals surface area contributed by atoms with E-state index in [9.17, 15) is 9.59 Å². The van der Waals surface area contributed by atoms with E-state index in [-0.39, 0.29) is 12.3 Å². The Morgan fingerprint density at radius 3 is 2.58 bits per heavy atom. The first-order valence-electron chi connectivity index (χ1n) is 7.84. The van der Waals surface area contributed by atoms with E-state index in [1.165, 1.54) is 4.88 Å². The van der Waals surface area contributed by atoms with Gasteiger partial charge in [0.1, 0.15) is 0 Å². The molecule has 0 saturated heterocycles. The fourth-order valence-corrected chi connectivity index (χ4v) is 4.82. The summed E-state index contributed by atoms with van der Waals surface area (Å²) in [4.78, 5) is 24.7. The van der Waals surface area contributed by atoms with Crippen molar-refractivity contribution in [3.05, 3.63) is 55.6 Å². The lowest BCUT2D eigenvalue weighted by Gasteiger charge is -2.18. The largest absolute Gasteiger partial charge is 0.355 e. The van der Waals surface area contributed by atoms with Crippen molar-refractivity contribution in [1.29, 1.82) is 0 Å². The maximum atomic E-state index is 12.2. The first-order chi connectivity index (χ1) is 12.4. The number of carbonyl (C=O) groups excluding carboxylic acids is 2. The highest BCUT2D eigenvalue weighted by atomic mass is 79.9. The molecule has 0 aliphatic heterocycles. The van der Waals surface area contributed by atoms with Gasteiger partial charge in [-0.25, -0.2) is 4.79 Å². The molecule has 0 aliphatic rings. The second-order valence-electron chi connectivity index (χ2n) is 5.43. The predicted octanol–water partition coefficient (Wildman–Crippen LogP) is 4.31. The number of primary amides is 1. The smallest absolute Gasteiger partial charge is 0.312 e. The minimum absolute atomic E-state index is 0.118. The molecule has 26 heavy (non-hydrogen) atoms. The first kappa shape index (κ1) is 21.1. The highest BCUT2D eigenvalue weighted by Crippen LogP contribution is 2.25. The lowest BCUT2D eigenvalue weighted by Crippen LogP contribution is -2.37. The summed E-state index contributed by atoms with van der Waals surface area (Å²) in [5, 5.41) is 6.06. The highest BCUT2D eigenvalue weighted by Gasteiger charge is 2.17. The number of nitrogens with two attached hydrogens (primary N) is 1. The second kappa shape index (κ2) is 10.8. The fraction of sp³-hybridized carbons (Fsp3) is 0.294. The van der Waals surface area contributed by atoms with Crippen molar-refractivity contribution < 1.29 is 9.59 Å². The molecule has 0 bridgehead atoms. The molecule has 0 unspecified atom stereocenters. The molecule has 0 saturated carbocycles. The first-order valence-corrected chi connectivity index (χ1v) is 11.0. The standard InChI is InChI=1S/C17H19BrClN3O2S2/c18-15-6-5-13(26-15)10-25-8-7-21-16(23)9-14(22-17(20)24)11-1-3-12(19)4-2-11/h1-6,14H,7-10H2,(H,21,23)(H3,20,22,24)/t14-/m0/s1.